The summed E-state index contributed by atoms with van der Waals surface area (Å²) < 4.78 is 25.0. The molecule has 4 nitrogen and oxygen atoms in total. The highest BCUT2D eigenvalue weighted by Gasteiger charge is 2.18. The average molecular weight is 236 g/mol. The molecule has 82 valence electrons. The van der Waals surface area contributed by atoms with Crippen LogP contribution in [0.3, 0.4) is 0 Å². The van der Waals surface area contributed by atoms with E-state index in [2.05, 4.69) is 16.9 Å². The van der Waals surface area contributed by atoms with Crippen LogP contribution in [0.5, 0.6) is 0 Å². The molecular formula is C8H16N2O2S2. The minimum atomic E-state index is -3.28. The summed E-state index contributed by atoms with van der Waals surface area (Å²) in [4.78, 5) is 0.0149. The van der Waals surface area contributed by atoms with Crippen LogP contribution in [0.2, 0.25) is 0 Å². The highest BCUT2D eigenvalue weighted by molar-refractivity contribution is 7.92. The Balaban J connectivity index is 2.18. The summed E-state index contributed by atoms with van der Waals surface area (Å²) in [7, 11) is -3.28. The fraction of sp³-hybridized carbons (Fsp3) is 0.875. The van der Waals surface area contributed by atoms with Gasteiger partial charge < -0.3 is 5.73 Å². The Kier molecular flexibility index (Phi) is 4.28. The predicted octanol–water partition coefficient (Wildman–Crippen LogP) is 0.382. The molecule has 14 heavy (non-hydrogen) atoms. The van der Waals surface area contributed by atoms with Crippen LogP contribution in [0.4, 0.5) is 0 Å². The molecule has 0 spiro atoms. The molecule has 3 N–H and O–H groups in total. The first-order chi connectivity index (χ1) is 6.49. The van der Waals surface area contributed by atoms with Crippen molar-refractivity contribution in [1.82, 2.24) is 4.72 Å². The molecule has 0 heterocycles. The highest BCUT2D eigenvalue weighted by Crippen LogP contribution is 2.28. The van der Waals surface area contributed by atoms with Gasteiger partial charge in [0.15, 0.2) is 0 Å². The molecule has 1 aliphatic rings. The molecule has 0 unspecified atom stereocenters. The quantitative estimate of drug-likeness (QED) is 0.654. The predicted molar refractivity (Wildman–Crippen MR) is 60.5 cm³/mol. The smallest absolute Gasteiger partial charge is 0.218 e. The van der Waals surface area contributed by atoms with E-state index in [0.29, 0.717) is 12.5 Å². The number of rotatable bonds is 6. The van der Waals surface area contributed by atoms with Crippen molar-refractivity contribution < 1.29 is 8.42 Å². The number of nitrogens with two attached hydrogens (primary N) is 1. The first-order valence-electron chi connectivity index (χ1n) is 4.75. The zero-order chi connectivity index (χ0) is 10.6. The topological polar surface area (TPSA) is 72.2 Å². The van der Waals surface area contributed by atoms with Crippen LogP contribution in [-0.2, 0) is 10.0 Å². The molecule has 0 bridgehead atoms. The maximum atomic E-state index is 11.3. The van der Waals surface area contributed by atoms with E-state index in [1.54, 1.807) is 0 Å². The van der Waals surface area contributed by atoms with Gasteiger partial charge in [0.25, 0.3) is 0 Å². The third-order valence-electron chi connectivity index (χ3n) is 2.43. The summed E-state index contributed by atoms with van der Waals surface area (Å²) in [5, 5.41) is 0. The van der Waals surface area contributed by atoms with Crippen LogP contribution in [0, 0.1) is 5.92 Å². The van der Waals surface area contributed by atoms with Crippen molar-refractivity contribution >= 4 is 27.2 Å². The van der Waals surface area contributed by atoms with Gasteiger partial charge in [0, 0.05) is 6.54 Å². The number of hydrogen-bond donors (Lipinski definition) is 2. The van der Waals surface area contributed by atoms with Gasteiger partial charge in [-0.2, -0.15) is 0 Å². The standard InChI is InChI=1S/C8H16N2O2S2/c9-8(13)6-14(11,12)10-5-4-7-2-1-3-7/h7,10H,1-6H2,(H2,9,13). The van der Waals surface area contributed by atoms with Gasteiger partial charge in [-0.3, -0.25) is 0 Å². The van der Waals surface area contributed by atoms with E-state index in [9.17, 15) is 8.42 Å². The summed E-state index contributed by atoms with van der Waals surface area (Å²) in [6.07, 6.45) is 4.68. The Morgan fingerprint density at radius 1 is 1.50 bits per heavy atom. The lowest BCUT2D eigenvalue weighted by atomic mass is 9.83. The molecule has 0 aromatic heterocycles. The molecule has 1 aliphatic carbocycles. The second-order valence-corrected chi connectivity index (χ2v) is 6.04. The summed E-state index contributed by atoms with van der Waals surface area (Å²) in [5.74, 6) is 0.468. The Morgan fingerprint density at radius 2 is 2.14 bits per heavy atom. The first kappa shape index (κ1) is 11.9. The number of hydrogen-bond acceptors (Lipinski definition) is 3. The van der Waals surface area contributed by atoms with Gasteiger partial charge in [-0.1, -0.05) is 31.5 Å². The van der Waals surface area contributed by atoms with Crippen molar-refractivity contribution in [3.05, 3.63) is 0 Å². The van der Waals surface area contributed by atoms with Crippen molar-refractivity contribution in [3.8, 4) is 0 Å². The van der Waals surface area contributed by atoms with Gasteiger partial charge in [0.2, 0.25) is 10.0 Å². The van der Waals surface area contributed by atoms with Crippen molar-refractivity contribution in [3.63, 3.8) is 0 Å². The molecule has 1 saturated carbocycles. The summed E-state index contributed by atoms with van der Waals surface area (Å²) >= 11 is 4.54. The number of sulfonamides is 1. The lowest BCUT2D eigenvalue weighted by Crippen LogP contribution is -2.34. The largest absolute Gasteiger partial charge is 0.392 e. The van der Waals surface area contributed by atoms with Crippen molar-refractivity contribution in [2.45, 2.75) is 25.7 Å². The second-order valence-electron chi connectivity index (χ2n) is 3.71. The molecule has 0 aromatic rings. The van der Waals surface area contributed by atoms with Gasteiger partial charge in [-0.15, -0.1) is 0 Å². The lowest BCUT2D eigenvalue weighted by molar-refractivity contribution is 0.297. The van der Waals surface area contributed by atoms with Crippen LogP contribution in [0.25, 0.3) is 0 Å². The zero-order valence-electron chi connectivity index (χ0n) is 8.03. The van der Waals surface area contributed by atoms with Gasteiger partial charge >= 0.3 is 0 Å². The second kappa shape index (κ2) is 5.04. The van der Waals surface area contributed by atoms with Gasteiger partial charge in [0.05, 0.1) is 4.99 Å². The van der Waals surface area contributed by atoms with Gasteiger partial charge in [-0.25, -0.2) is 13.1 Å². The minimum absolute atomic E-state index is 0.0149. The third kappa shape index (κ3) is 4.34. The van der Waals surface area contributed by atoms with Crippen LogP contribution in [-0.4, -0.2) is 25.7 Å². The molecule has 0 aliphatic heterocycles. The summed E-state index contributed by atoms with van der Waals surface area (Å²) in [6.45, 7) is 0.510. The fourth-order valence-corrected chi connectivity index (χ4v) is 2.81. The monoisotopic (exact) mass is 236 g/mol. The molecule has 0 atom stereocenters. The van der Waals surface area contributed by atoms with Gasteiger partial charge in [0.1, 0.15) is 5.75 Å². The van der Waals surface area contributed by atoms with Crippen molar-refractivity contribution in [2.24, 2.45) is 11.7 Å². The van der Waals surface area contributed by atoms with Crippen LogP contribution in [0.15, 0.2) is 0 Å². The van der Waals surface area contributed by atoms with E-state index in [4.69, 9.17) is 5.73 Å². The molecule has 6 heteroatoms. The molecule has 0 amide bonds. The zero-order valence-corrected chi connectivity index (χ0v) is 9.66. The Labute approximate surface area is 90.3 Å². The average Bonchev–Trinajstić information content (AvgIpc) is 1.91. The Hall–Kier alpha value is -0.200. The minimum Gasteiger partial charge on any atom is -0.392 e. The highest BCUT2D eigenvalue weighted by atomic mass is 32.2. The van der Waals surface area contributed by atoms with E-state index in [0.717, 1.165) is 6.42 Å². The lowest BCUT2D eigenvalue weighted by Gasteiger charge is -2.25. The fourth-order valence-electron chi connectivity index (χ4n) is 1.44. The summed E-state index contributed by atoms with van der Waals surface area (Å²) in [6, 6.07) is 0. The molecular weight excluding hydrogens is 220 g/mol. The Bertz CT molecular complexity index is 296. The Morgan fingerprint density at radius 3 is 2.57 bits per heavy atom. The van der Waals surface area contributed by atoms with Crippen LogP contribution in [0.1, 0.15) is 25.7 Å². The maximum Gasteiger partial charge on any atom is 0.218 e. The molecule has 1 rings (SSSR count). The molecule has 0 aromatic carbocycles. The number of nitrogens with one attached hydrogen (secondary N) is 1. The molecule has 0 saturated heterocycles. The van der Waals surface area contributed by atoms with Crippen LogP contribution < -0.4 is 10.5 Å². The van der Waals surface area contributed by atoms with Crippen molar-refractivity contribution in [1.29, 1.82) is 0 Å². The van der Waals surface area contributed by atoms with E-state index >= 15 is 0 Å². The van der Waals surface area contributed by atoms with Gasteiger partial charge in [-0.05, 0) is 12.3 Å². The van der Waals surface area contributed by atoms with E-state index in [1.165, 1.54) is 19.3 Å². The third-order valence-corrected chi connectivity index (χ3v) is 4.09. The first-order valence-corrected chi connectivity index (χ1v) is 6.81. The number of thiocarbonyl (C=S) groups is 1. The van der Waals surface area contributed by atoms with E-state index in [-0.39, 0.29) is 10.7 Å². The molecule has 1 fully saturated rings. The summed E-state index contributed by atoms with van der Waals surface area (Å²) in [5.41, 5.74) is 5.16. The van der Waals surface area contributed by atoms with Crippen LogP contribution >= 0.6 is 12.2 Å². The van der Waals surface area contributed by atoms with Crippen molar-refractivity contribution in [2.75, 3.05) is 12.3 Å². The van der Waals surface area contributed by atoms with E-state index < -0.39 is 10.0 Å². The normalized spacial score (nSPS) is 17.7. The molecule has 0 radical (unpaired) electrons. The van der Waals surface area contributed by atoms with E-state index in [1.807, 2.05) is 0 Å². The maximum absolute atomic E-state index is 11.3. The SMILES string of the molecule is NC(=S)CS(=O)(=O)NCCC1CCC1.